The quantitative estimate of drug-likeness (QED) is 0.700. The highest BCUT2D eigenvalue weighted by molar-refractivity contribution is 5.67. The SMILES string of the molecule is CCCN(CC(C)(C)C)C(=O)OCC. The molecule has 0 atom stereocenters. The number of nitrogens with zero attached hydrogens (tertiary/aromatic N) is 1. The molecule has 0 aromatic heterocycles. The summed E-state index contributed by atoms with van der Waals surface area (Å²) in [4.78, 5) is 13.3. The van der Waals surface area contributed by atoms with E-state index in [1.54, 1.807) is 4.90 Å². The molecule has 0 aromatic rings. The van der Waals surface area contributed by atoms with Crippen LogP contribution in [0.25, 0.3) is 0 Å². The van der Waals surface area contributed by atoms with Crippen molar-refractivity contribution in [2.75, 3.05) is 19.7 Å². The number of ether oxygens (including phenoxy) is 1. The van der Waals surface area contributed by atoms with Gasteiger partial charge in [0.25, 0.3) is 0 Å². The van der Waals surface area contributed by atoms with Gasteiger partial charge in [0, 0.05) is 13.1 Å². The Morgan fingerprint density at radius 3 is 2.21 bits per heavy atom. The van der Waals surface area contributed by atoms with Crippen LogP contribution in [0.5, 0.6) is 0 Å². The topological polar surface area (TPSA) is 29.5 Å². The molecule has 3 nitrogen and oxygen atoms in total. The van der Waals surface area contributed by atoms with E-state index >= 15 is 0 Å². The third-order valence-corrected chi connectivity index (χ3v) is 1.68. The predicted molar refractivity (Wildman–Crippen MR) is 58.3 cm³/mol. The second kappa shape index (κ2) is 5.89. The van der Waals surface area contributed by atoms with Crippen molar-refractivity contribution in [3.05, 3.63) is 0 Å². The molecule has 0 heterocycles. The van der Waals surface area contributed by atoms with Crippen molar-refractivity contribution >= 4 is 6.09 Å². The maximum atomic E-state index is 11.5. The Kier molecular flexibility index (Phi) is 5.58. The van der Waals surface area contributed by atoms with E-state index in [1.165, 1.54) is 0 Å². The molecule has 0 N–H and O–H groups in total. The van der Waals surface area contributed by atoms with Crippen LogP contribution in [0, 0.1) is 5.41 Å². The van der Waals surface area contributed by atoms with Crippen LogP contribution in [0.15, 0.2) is 0 Å². The van der Waals surface area contributed by atoms with Crippen LogP contribution in [0.3, 0.4) is 0 Å². The summed E-state index contributed by atoms with van der Waals surface area (Å²) in [6, 6.07) is 0. The lowest BCUT2D eigenvalue weighted by Gasteiger charge is -2.28. The number of rotatable bonds is 4. The smallest absolute Gasteiger partial charge is 0.409 e. The summed E-state index contributed by atoms with van der Waals surface area (Å²) in [7, 11) is 0. The van der Waals surface area contributed by atoms with Gasteiger partial charge in [0.1, 0.15) is 0 Å². The third kappa shape index (κ3) is 5.84. The van der Waals surface area contributed by atoms with Crippen molar-refractivity contribution < 1.29 is 9.53 Å². The van der Waals surface area contributed by atoms with Crippen molar-refractivity contribution in [1.82, 2.24) is 4.90 Å². The molecular formula is C11H23NO2. The van der Waals surface area contributed by atoms with Crippen LogP contribution in [0.2, 0.25) is 0 Å². The van der Waals surface area contributed by atoms with E-state index in [1.807, 2.05) is 6.92 Å². The number of hydrogen-bond donors (Lipinski definition) is 0. The van der Waals surface area contributed by atoms with Gasteiger partial charge in [-0.15, -0.1) is 0 Å². The highest BCUT2D eigenvalue weighted by atomic mass is 16.6. The maximum absolute atomic E-state index is 11.5. The van der Waals surface area contributed by atoms with Gasteiger partial charge in [-0.05, 0) is 18.8 Å². The molecule has 0 aliphatic rings. The van der Waals surface area contributed by atoms with Crippen molar-refractivity contribution in [3.63, 3.8) is 0 Å². The minimum absolute atomic E-state index is 0.127. The minimum atomic E-state index is -0.190. The van der Waals surface area contributed by atoms with Crippen molar-refractivity contribution in [2.24, 2.45) is 5.41 Å². The van der Waals surface area contributed by atoms with Gasteiger partial charge >= 0.3 is 6.09 Å². The van der Waals surface area contributed by atoms with Gasteiger partial charge in [-0.3, -0.25) is 0 Å². The molecule has 0 spiro atoms. The molecule has 0 radical (unpaired) electrons. The van der Waals surface area contributed by atoms with Gasteiger partial charge in [-0.1, -0.05) is 27.7 Å². The van der Waals surface area contributed by atoms with Crippen LogP contribution >= 0.6 is 0 Å². The zero-order valence-electron chi connectivity index (χ0n) is 10.1. The second-order valence-corrected chi connectivity index (χ2v) is 4.68. The average molecular weight is 201 g/mol. The van der Waals surface area contributed by atoms with Crippen LogP contribution in [-0.4, -0.2) is 30.7 Å². The van der Waals surface area contributed by atoms with E-state index in [0.29, 0.717) is 6.61 Å². The molecule has 0 aliphatic heterocycles. The average Bonchev–Trinajstić information content (AvgIpc) is 2.01. The van der Waals surface area contributed by atoms with Gasteiger partial charge in [-0.2, -0.15) is 0 Å². The lowest BCUT2D eigenvalue weighted by molar-refractivity contribution is 0.0931. The normalized spacial score (nSPS) is 11.2. The Balaban J connectivity index is 4.21. The molecule has 0 aromatic carbocycles. The molecule has 0 aliphatic carbocycles. The zero-order chi connectivity index (χ0) is 11.2. The molecule has 0 saturated carbocycles. The highest BCUT2D eigenvalue weighted by Gasteiger charge is 2.20. The Labute approximate surface area is 87.4 Å². The summed E-state index contributed by atoms with van der Waals surface area (Å²) in [5, 5.41) is 0. The number of hydrogen-bond acceptors (Lipinski definition) is 2. The Bertz CT molecular complexity index is 173. The van der Waals surface area contributed by atoms with Crippen LogP contribution in [0.1, 0.15) is 41.0 Å². The lowest BCUT2D eigenvalue weighted by atomic mass is 9.96. The van der Waals surface area contributed by atoms with Crippen LogP contribution in [0.4, 0.5) is 4.79 Å². The van der Waals surface area contributed by atoms with Crippen LogP contribution in [-0.2, 0) is 4.74 Å². The van der Waals surface area contributed by atoms with Crippen molar-refractivity contribution in [3.8, 4) is 0 Å². The van der Waals surface area contributed by atoms with E-state index in [4.69, 9.17) is 4.74 Å². The van der Waals surface area contributed by atoms with Gasteiger partial charge in [0.05, 0.1) is 6.61 Å². The molecule has 0 bridgehead atoms. The summed E-state index contributed by atoms with van der Waals surface area (Å²) in [5.41, 5.74) is 0.127. The van der Waals surface area contributed by atoms with Crippen molar-refractivity contribution in [1.29, 1.82) is 0 Å². The number of amides is 1. The third-order valence-electron chi connectivity index (χ3n) is 1.68. The Hall–Kier alpha value is -0.730. The molecule has 0 unspecified atom stereocenters. The van der Waals surface area contributed by atoms with E-state index in [2.05, 4.69) is 27.7 Å². The highest BCUT2D eigenvalue weighted by Crippen LogP contribution is 2.16. The zero-order valence-corrected chi connectivity index (χ0v) is 10.1. The molecule has 0 saturated heterocycles. The molecule has 84 valence electrons. The molecule has 3 heteroatoms. The fourth-order valence-electron chi connectivity index (χ4n) is 1.29. The van der Waals surface area contributed by atoms with Gasteiger partial charge in [0.2, 0.25) is 0 Å². The first-order valence-corrected chi connectivity index (χ1v) is 5.32. The molecular weight excluding hydrogens is 178 g/mol. The van der Waals surface area contributed by atoms with E-state index in [9.17, 15) is 4.79 Å². The minimum Gasteiger partial charge on any atom is -0.450 e. The Morgan fingerprint density at radius 1 is 1.29 bits per heavy atom. The monoisotopic (exact) mass is 201 g/mol. The standard InChI is InChI=1S/C11H23NO2/c1-6-8-12(9-11(3,4)5)10(13)14-7-2/h6-9H2,1-5H3. The summed E-state index contributed by atoms with van der Waals surface area (Å²) < 4.78 is 4.99. The number of carbonyl (C=O) groups is 1. The maximum Gasteiger partial charge on any atom is 0.409 e. The Morgan fingerprint density at radius 2 is 1.86 bits per heavy atom. The second-order valence-electron chi connectivity index (χ2n) is 4.68. The van der Waals surface area contributed by atoms with E-state index in [-0.39, 0.29) is 11.5 Å². The first-order valence-electron chi connectivity index (χ1n) is 5.32. The lowest BCUT2D eigenvalue weighted by Crippen LogP contribution is -2.38. The molecule has 0 fully saturated rings. The van der Waals surface area contributed by atoms with Gasteiger partial charge in [0.15, 0.2) is 0 Å². The molecule has 14 heavy (non-hydrogen) atoms. The number of carbonyl (C=O) groups excluding carboxylic acids is 1. The predicted octanol–water partition coefficient (Wildman–Crippen LogP) is 2.90. The fourth-order valence-corrected chi connectivity index (χ4v) is 1.29. The molecule has 1 amide bonds. The summed E-state index contributed by atoms with van der Waals surface area (Å²) in [6.45, 7) is 12.2. The first kappa shape index (κ1) is 13.3. The van der Waals surface area contributed by atoms with E-state index in [0.717, 1.165) is 19.5 Å². The summed E-state index contributed by atoms with van der Waals surface area (Å²) in [5.74, 6) is 0. The van der Waals surface area contributed by atoms with Crippen molar-refractivity contribution in [2.45, 2.75) is 41.0 Å². The largest absolute Gasteiger partial charge is 0.450 e. The molecule has 0 rings (SSSR count). The fraction of sp³-hybridized carbons (Fsp3) is 0.909. The first-order chi connectivity index (χ1) is 6.40. The van der Waals surface area contributed by atoms with E-state index < -0.39 is 0 Å². The summed E-state index contributed by atoms with van der Waals surface area (Å²) in [6.07, 6.45) is 0.777. The van der Waals surface area contributed by atoms with Gasteiger partial charge in [-0.25, -0.2) is 4.79 Å². The van der Waals surface area contributed by atoms with Crippen LogP contribution < -0.4 is 0 Å². The summed E-state index contributed by atoms with van der Waals surface area (Å²) >= 11 is 0. The van der Waals surface area contributed by atoms with Gasteiger partial charge < -0.3 is 9.64 Å².